The molecule has 0 aliphatic heterocycles. The van der Waals surface area contributed by atoms with Gasteiger partial charge < -0.3 is 4.90 Å². The Labute approximate surface area is 80.0 Å². The summed E-state index contributed by atoms with van der Waals surface area (Å²) in [6, 6.07) is 0. The topological polar surface area (TPSA) is 55.8 Å². The molecule has 13 heavy (non-hydrogen) atoms. The van der Waals surface area contributed by atoms with Crippen LogP contribution in [0.25, 0.3) is 0 Å². The van der Waals surface area contributed by atoms with Gasteiger partial charge in [-0.15, -0.1) is 0 Å². The molecule has 0 aromatic heterocycles. The van der Waals surface area contributed by atoms with Crippen molar-refractivity contribution in [2.75, 3.05) is 33.4 Å². The van der Waals surface area contributed by atoms with Crippen LogP contribution in [0.4, 0.5) is 0 Å². The Morgan fingerprint density at radius 2 is 1.77 bits per heavy atom. The summed E-state index contributed by atoms with van der Waals surface area (Å²) in [6.07, 6.45) is 0. The third kappa shape index (κ3) is 5.98. The highest BCUT2D eigenvalue weighted by molar-refractivity contribution is 7.81. The monoisotopic (exact) mass is 211 g/mol. The molecule has 0 heterocycles. The fraction of sp³-hybridized carbons (Fsp3) is 1.00. The van der Waals surface area contributed by atoms with E-state index < -0.39 is 10.4 Å². The van der Waals surface area contributed by atoms with Crippen LogP contribution < -0.4 is 0 Å². The number of nitrogens with zero attached hydrogens (tertiary/aromatic N) is 1. The van der Waals surface area contributed by atoms with Gasteiger partial charge in [0.25, 0.3) is 0 Å². The highest BCUT2D eigenvalue weighted by atomic mass is 32.3. The average Bonchev–Trinajstić information content (AvgIpc) is 2.12. The molecule has 5 nitrogen and oxygen atoms in total. The summed E-state index contributed by atoms with van der Waals surface area (Å²) in [5.74, 6) is 0. The minimum Gasteiger partial charge on any atom is -0.302 e. The van der Waals surface area contributed by atoms with Gasteiger partial charge in [0.05, 0.1) is 13.7 Å². The van der Waals surface area contributed by atoms with Gasteiger partial charge in [-0.2, -0.15) is 8.42 Å². The smallest absolute Gasteiger partial charge is 0.302 e. The predicted octanol–water partition coefficient (Wildman–Crippen LogP) is 0.236. The first-order chi connectivity index (χ1) is 6.05. The Hall–Kier alpha value is -0.170. The molecule has 0 rings (SSSR count). The lowest BCUT2D eigenvalue weighted by Crippen LogP contribution is -2.28. The van der Waals surface area contributed by atoms with Gasteiger partial charge in [-0.3, -0.25) is 4.18 Å². The first kappa shape index (κ1) is 12.8. The predicted molar refractivity (Wildman–Crippen MR) is 49.7 cm³/mol. The molecule has 0 aromatic carbocycles. The van der Waals surface area contributed by atoms with E-state index in [9.17, 15) is 8.42 Å². The van der Waals surface area contributed by atoms with Crippen molar-refractivity contribution in [1.29, 1.82) is 0 Å². The van der Waals surface area contributed by atoms with Crippen molar-refractivity contribution in [3.05, 3.63) is 0 Å². The molecule has 0 saturated carbocycles. The molecule has 0 N–H and O–H groups in total. The molecule has 0 unspecified atom stereocenters. The van der Waals surface area contributed by atoms with E-state index in [0.717, 1.165) is 20.2 Å². The molecule has 0 spiro atoms. The van der Waals surface area contributed by atoms with E-state index in [0.29, 0.717) is 6.54 Å². The first-order valence-corrected chi connectivity index (χ1v) is 5.56. The van der Waals surface area contributed by atoms with Gasteiger partial charge in [0.1, 0.15) is 0 Å². The number of likely N-dealkylation sites (N-methyl/N-ethyl adjacent to an activating group) is 1. The Morgan fingerprint density at radius 1 is 1.23 bits per heavy atom. The van der Waals surface area contributed by atoms with Gasteiger partial charge in [0.2, 0.25) is 0 Å². The molecule has 0 bridgehead atoms. The number of hydrogen-bond donors (Lipinski definition) is 0. The summed E-state index contributed by atoms with van der Waals surface area (Å²) in [6.45, 7) is 6.51. The summed E-state index contributed by atoms with van der Waals surface area (Å²) < 4.78 is 30.0. The van der Waals surface area contributed by atoms with Gasteiger partial charge in [0, 0.05) is 6.54 Å². The van der Waals surface area contributed by atoms with Crippen molar-refractivity contribution in [2.45, 2.75) is 13.8 Å². The summed E-state index contributed by atoms with van der Waals surface area (Å²) >= 11 is 0. The third-order valence-electron chi connectivity index (χ3n) is 1.73. The van der Waals surface area contributed by atoms with E-state index in [1.807, 2.05) is 13.8 Å². The van der Waals surface area contributed by atoms with Gasteiger partial charge in [-0.25, -0.2) is 4.18 Å². The van der Waals surface area contributed by atoms with Gasteiger partial charge in [-0.05, 0) is 13.1 Å². The highest BCUT2D eigenvalue weighted by Gasteiger charge is 2.08. The van der Waals surface area contributed by atoms with Crippen LogP contribution in [0.15, 0.2) is 0 Å². The second kappa shape index (κ2) is 6.31. The largest absolute Gasteiger partial charge is 0.399 e. The Balaban J connectivity index is 3.67. The van der Waals surface area contributed by atoms with Gasteiger partial charge in [-0.1, -0.05) is 13.8 Å². The van der Waals surface area contributed by atoms with Crippen molar-refractivity contribution in [3.63, 3.8) is 0 Å². The molecule has 6 heteroatoms. The average molecular weight is 211 g/mol. The first-order valence-electron chi connectivity index (χ1n) is 4.23. The van der Waals surface area contributed by atoms with E-state index in [2.05, 4.69) is 13.3 Å². The molecular weight excluding hydrogens is 194 g/mol. The summed E-state index contributed by atoms with van der Waals surface area (Å²) in [5, 5.41) is 0. The van der Waals surface area contributed by atoms with Crippen molar-refractivity contribution < 1.29 is 16.8 Å². The second-order valence-corrected chi connectivity index (χ2v) is 3.81. The van der Waals surface area contributed by atoms with Crippen LogP contribution in [0.5, 0.6) is 0 Å². The zero-order valence-electron chi connectivity index (χ0n) is 8.32. The number of hydrogen-bond acceptors (Lipinski definition) is 5. The van der Waals surface area contributed by atoms with Gasteiger partial charge >= 0.3 is 10.4 Å². The third-order valence-corrected chi connectivity index (χ3v) is 2.60. The molecule has 0 aliphatic carbocycles. The standard InChI is InChI=1S/C7H17NO4S/c1-4-8(5-2)6-7-12-13(9,10)11-3/h4-7H2,1-3H3. The molecule has 0 fully saturated rings. The van der Waals surface area contributed by atoms with Crippen LogP contribution in [-0.2, 0) is 18.8 Å². The lowest BCUT2D eigenvalue weighted by molar-refractivity contribution is 0.197. The SMILES string of the molecule is CCN(CC)CCOS(=O)(=O)OC. The van der Waals surface area contributed by atoms with Crippen LogP contribution in [-0.4, -0.2) is 46.7 Å². The summed E-state index contributed by atoms with van der Waals surface area (Å²) in [5.41, 5.74) is 0. The van der Waals surface area contributed by atoms with E-state index >= 15 is 0 Å². The van der Waals surface area contributed by atoms with Crippen molar-refractivity contribution in [1.82, 2.24) is 4.90 Å². The number of rotatable bonds is 7. The van der Waals surface area contributed by atoms with Crippen LogP contribution in [0, 0.1) is 0 Å². The molecule has 0 radical (unpaired) electrons. The lowest BCUT2D eigenvalue weighted by Gasteiger charge is -2.16. The molecule has 0 aromatic rings. The molecule has 0 amide bonds. The van der Waals surface area contributed by atoms with Gasteiger partial charge in [0.15, 0.2) is 0 Å². The fourth-order valence-corrected chi connectivity index (χ4v) is 1.23. The minimum atomic E-state index is -3.76. The molecule has 80 valence electrons. The van der Waals surface area contributed by atoms with Crippen LogP contribution in [0.1, 0.15) is 13.8 Å². The zero-order valence-corrected chi connectivity index (χ0v) is 9.13. The molecule has 0 atom stereocenters. The highest BCUT2D eigenvalue weighted by Crippen LogP contribution is 1.94. The van der Waals surface area contributed by atoms with E-state index in [-0.39, 0.29) is 6.61 Å². The van der Waals surface area contributed by atoms with Crippen LogP contribution >= 0.6 is 0 Å². The molecular formula is C7H17NO4S. The van der Waals surface area contributed by atoms with E-state index in [1.54, 1.807) is 0 Å². The normalized spacial score (nSPS) is 12.3. The van der Waals surface area contributed by atoms with E-state index in [4.69, 9.17) is 0 Å². The summed E-state index contributed by atoms with van der Waals surface area (Å²) in [4.78, 5) is 2.06. The Kier molecular flexibility index (Phi) is 6.23. The quantitative estimate of drug-likeness (QED) is 0.603. The maximum absolute atomic E-state index is 10.7. The zero-order chi connectivity index (χ0) is 10.3. The maximum Gasteiger partial charge on any atom is 0.399 e. The Bertz CT molecular complexity index is 211. The fourth-order valence-electron chi connectivity index (χ4n) is 0.856. The Morgan fingerprint density at radius 3 is 2.15 bits per heavy atom. The summed E-state index contributed by atoms with van der Waals surface area (Å²) in [7, 11) is -2.68. The minimum absolute atomic E-state index is 0.137. The van der Waals surface area contributed by atoms with Crippen molar-refractivity contribution in [2.24, 2.45) is 0 Å². The second-order valence-electron chi connectivity index (χ2n) is 2.42. The van der Waals surface area contributed by atoms with E-state index in [1.165, 1.54) is 0 Å². The van der Waals surface area contributed by atoms with Crippen LogP contribution in [0.3, 0.4) is 0 Å². The van der Waals surface area contributed by atoms with Crippen molar-refractivity contribution in [3.8, 4) is 0 Å². The lowest BCUT2D eigenvalue weighted by atomic mass is 10.5. The molecule has 0 aliphatic rings. The van der Waals surface area contributed by atoms with Crippen LogP contribution in [0.2, 0.25) is 0 Å². The van der Waals surface area contributed by atoms with Crippen molar-refractivity contribution >= 4 is 10.4 Å². The molecule has 0 saturated heterocycles. The maximum atomic E-state index is 10.7.